The molecule has 33 heavy (non-hydrogen) atoms. The first-order valence-electron chi connectivity index (χ1n) is 10.9. The maximum absolute atomic E-state index is 13.1. The molecular weight excluding hydrogens is 442 g/mol. The Bertz CT molecular complexity index is 1110. The molecule has 2 aromatic carbocycles. The van der Waals surface area contributed by atoms with Crippen LogP contribution in [-0.2, 0) is 14.8 Å². The normalized spacial score (nSPS) is 13.8. The van der Waals surface area contributed by atoms with Crippen molar-refractivity contribution in [3.05, 3.63) is 59.7 Å². The molecule has 9 heteroatoms. The van der Waals surface area contributed by atoms with Gasteiger partial charge in [0.15, 0.2) is 0 Å². The average molecular weight is 472 g/mol. The molecule has 2 aromatic rings. The average Bonchev–Trinajstić information content (AvgIpc) is 2.98. The van der Waals surface area contributed by atoms with Gasteiger partial charge in [-0.25, -0.2) is 8.42 Å². The Morgan fingerprint density at radius 2 is 1.36 bits per heavy atom. The molecule has 3 amide bonds. The fraction of sp³-hybridized carbons (Fsp3) is 0.375. The van der Waals surface area contributed by atoms with Crippen LogP contribution >= 0.6 is 0 Å². The van der Waals surface area contributed by atoms with Gasteiger partial charge in [0, 0.05) is 18.8 Å². The molecule has 0 aromatic heterocycles. The highest BCUT2D eigenvalue weighted by Crippen LogP contribution is 2.23. The predicted molar refractivity (Wildman–Crippen MR) is 125 cm³/mol. The summed E-state index contributed by atoms with van der Waals surface area (Å²) in [6, 6.07) is 12.3. The van der Waals surface area contributed by atoms with E-state index in [1.807, 2.05) is 27.7 Å². The number of hydrogen-bond donors (Lipinski definition) is 1. The zero-order valence-electron chi connectivity index (χ0n) is 19.2. The van der Waals surface area contributed by atoms with Crippen molar-refractivity contribution in [3.63, 3.8) is 0 Å². The molecule has 0 saturated carbocycles. The van der Waals surface area contributed by atoms with Crippen LogP contribution in [0.4, 0.5) is 5.69 Å². The topological polar surface area (TPSA) is 104 Å². The lowest BCUT2D eigenvalue weighted by Crippen LogP contribution is -2.37. The summed E-state index contributed by atoms with van der Waals surface area (Å²) in [5, 5.41) is 2.62. The van der Waals surface area contributed by atoms with E-state index in [9.17, 15) is 22.8 Å². The standard InChI is InChI=1S/C24H29N3O5S/c1-16(2)13-26(14-17(3)4)33(31,32)19-11-9-18(10-12-19)25-22(28)15-27-23(29)20-7-5-6-8-21(20)24(27)30/h5-12,16-17H,13-15H2,1-4H3,(H,25,28). The van der Waals surface area contributed by atoms with E-state index in [-0.39, 0.29) is 27.9 Å². The number of nitrogens with one attached hydrogen (secondary N) is 1. The Kier molecular flexibility index (Phi) is 7.34. The second-order valence-electron chi connectivity index (χ2n) is 8.92. The maximum atomic E-state index is 13.1. The molecule has 1 heterocycles. The van der Waals surface area contributed by atoms with Crippen LogP contribution < -0.4 is 5.32 Å². The van der Waals surface area contributed by atoms with E-state index in [0.29, 0.717) is 18.8 Å². The molecule has 0 radical (unpaired) electrons. The van der Waals surface area contributed by atoms with E-state index in [4.69, 9.17) is 0 Å². The molecule has 0 saturated heterocycles. The predicted octanol–water partition coefficient (Wildman–Crippen LogP) is 3.22. The Labute approximate surface area is 194 Å². The second-order valence-corrected chi connectivity index (χ2v) is 10.9. The Hall–Kier alpha value is -3.04. The minimum absolute atomic E-state index is 0.141. The SMILES string of the molecule is CC(C)CN(CC(C)C)S(=O)(=O)c1ccc(NC(=O)CN2C(=O)c3ccccc3C2=O)cc1. The molecule has 8 nitrogen and oxygen atoms in total. The minimum Gasteiger partial charge on any atom is -0.325 e. The largest absolute Gasteiger partial charge is 0.325 e. The van der Waals surface area contributed by atoms with Gasteiger partial charge in [0.25, 0.3) is 11.8 Å². The van der Waals surface area contributed by atoms with Crippen LogP contribution in [-0.4, -0.2) is 55.0 Å². The first kappa shape index (κ1) is 24.6. The van der Waals surface area contributed by atoms with Crippen LogP contribution in [0.25, 0.3) is 0 Å². The quantitative estimate of drug-likeness (QED) is 0.566. The van der Waals surface area contributed by atoms with Gasteiger partial charge in [-0.2, -0.15) is 4.31 Å². The summed E-state index contributed by atoms with van der Waals surface area (Å²) in [4.78, 5) is 38.3. The van der Waals surface area contributed by atoms with E-state index >= 15 is 0 Å². The number of amides is 3. The lowest BCUT2D eigenvalue weighted by molar-refractivity contribution is -0.116. The number of imide groups is 1. The highest BCUT2D eigenvalue weighted by atomic mass is 32.2. The number of carbonyl (C=O) groups is 3. The lowest BCUT2D eigenvalue weighted by Gasteiger charge is -2.25. The van der Waals surface area contributed by atoms with Crippen LogP contribution in [0.15, 0.2) is 53.4 Å². The van der Waals surface area contributed by atoms with Gasteiger partial charge in [-0.1, -0.05) is 39.8 Å². The molecule has 0 unspecified atom stereocenters. The monoisotopic (exact) mass is 471 g/mol. The number of nitrogens with zero attached hydrogens (tertiary/aromatic N) is 2. The van der Waals surface area contributed by atoms with E-state index < -0.39 is 34.3 Å². The van der Waals surface area contributed by atoms with Crippen molar-refractivity contribution >= 4 is 33.4 Å². The van der Waals surface area contributed by atoms with Gasteiger partial charge in [0.1, 0.15) is 6.54 Å². The molecule has 0 bridgehead atoms. The third-order valence-electron chi connectivity index (χ3n) is 5.09. The summed E-state index contributed by atoms with van der Waals surface area (Å²) in [7, 11) is -3.68. The number of carbonyl (C=O) groups excluding carboxylic acids is 3. The highest BCUT2D eigenvalue weighted by Gasteiger charge is 2.36. The van der Waals surface area contributed by atoms with Crippen LogP contribution in [0.5, 0.6) is 0 Å². The van der Waals surface area contributed by atoms with Gasteiger partial charge in [0.05, 0.1) is 16.0 Å². The summed E-state index contributed by atoms with van der Waals surface area (Å²) >= 11 is 0. The summed E-state index contributed by atoms with van der Waals surface area (Å²) in [6.07, 6.45) is 0. The lowest BCUT2D eigenvalue weighted by atomic mass is 10.1. The van der Waals surface area contributed by atoms with Crippen LogP contribution in [0.1, 0.15) is 48.4 Å². The van der Waals surface area contributed by atoms with E-state index in [1.165, 1.54) is 28.6 Å². The molecular formula is C24H29N3O5S. The number of fused-ring (bicyclic) bond motifs is 1. The summed E-state index contributed by atoms with van der Waals surface area (Å²) in [5.74, 6) is -1.22. The van der Waals surface area contributed by atoms with Gasteiger partial charge < -0.3 is 5.32 Å². The van der Waals surface area contributed by atoms with Crippen molar-refractivity contribution < 1.29 is 22.8 Å². The first-order valence-corrected chi connectivity index (χ1v) is 12.3. The number of hydrogen-bond acceptors (Lipinski definition) is 5. The molecule has 3 rings (SSSR count). The van der Waals surface area contributed by atoms with E-state index in [1.54, 1.807) is 24.3 Å². The molecule has 0 fully saturated rings. The molecule has 1 aliphatic rings. The van der Waals surface area contributed by atoms with E-state index in [0.717, 1.165) is 4.90 Å². The Balaban J connectivity index is 1.68. The third-order valence-corrected chi connectivity index (χ3v) is 6.94. The van der Waals surface area contributed by atoms with Gasteiger partial charge in [-0.05, 0) is 48.2 Å². The summed E-state index contributed by atoms with van der Waals surface area (Å²) in [5.41, 5.74) is 0.921. The van der Waals surface area contributed by atoms with Gasteiger partial charge in [-0.15, -0.1) is 0 Å². The number of benzene rings is 2. The first-order chi connectivity index (χ1) is 15.5. The smallest absolute Gasteiger partial charge is 0.262 e. The van der Waals surface area contributed by atoms with Crippen molar-refractivity contribution in [2.75, 3.05) is 25.0 Å². The fourth-order valence-electron chi connectivity index (χ4n) is 3.67. The van der Waals surface area contributed by atoms with Crippen molar-refractivity contribution in [1.82, 2.24) is 9.21 Å². The van der Waals surface area contributed by atoms with Crippen molar-refractivity contribution in [3.8, 4) is 0 Å². The zero-order chi connectivity index (χ0) is 24.3. The van der Waals surface area contributed by atoms with Crippen molar-refractivity contribution in [1.29, 1.82) is 0 Å². The van der Waals surface area contributed by atoms with Crippen LogP contribution in [0.2, 0.25) is 0 Å². The Morgan fingerprint density at radius 1 is 0.879 bits per heavy atom. The summed E-state index contributed by atoms with van der Waals surface area (Å²) in [6.45, 7) is 8.28. The van der Waals surface area contributed by atoms with Gasteiger partial charge in [-0.3, -0.25) is 19.3 Å². The molecule has 176 valence electrons. The Morgan fingerprint density at radius 3 is 1.82 bits per heavy atom. The van der Waals surface area contributed by atoms with Crippen molar-refractivity contribution in [2.45, 2.75) is 32.6 Å². The summed E-state index contributed by atoms with van der Waals surface area (Å²) < 4.78 is 27.7. The number of anilines is 1. The zero-order valence-corrected chi connectivity index (χ0v) is 20.1. The number of rotatable bonds is 9. The molecule has 0 aliphatic carbocycles. The number of sulfonamides is 1. The van der Waals surface area contributed by atoms with Crippen LogP contribution in [0, 0.1) is 11.8 Å². The van der Waals surface area contributed by atoms with Gasteiger partial charge in [0.2, 0.25) is 15.9 Å². The molecule has 1 aliphatic heterocycles. The minimum atomic E-state index is -3.68. The second kappa shape index (κ2) is 9.84. The van der Waals surface area contributed by atoms with E-state index in [2.05, 4.69) is 5.32 Å². The third kappa shape index (κ3) is 5.48. The highest BCUT2D eigenvalue weighted by molar-refractivity contribution is 7.89. The molecule has 0 spiro atoms. The molecule has 0 atom stereocenters. The fourth-order valence-corrected chi connectivity index (χ4v) is 5.44. The van der Waals surface area contributed by atoms with Gasteiger partial charge >= 0.3 is 0 Å². The van der Waals surface area contributed by atoms with Crippen LogP contribution in [0.3, 0.4) is 0 Å². The maximum Gasteiger partial charge on any atom is 0.262 e. The molecule has 1 N–H and O–H groups in total. The van der Waals surface area contributed by atoms with Crippen molar-refractivity contribution in [2.24, 2.45) is 11.8 Å².